The van der Waals surface area contributed by atoms with E-state index >= 15 is 0 Å². The average Bonchev–Trinajstić information content (AvgIpc) is 3.32. The van der Waals surface area contributed by atoms with E-state index in [1.54, 1.807) is 0 Å². The van der Waals surface area contributed by atoms with Crippen LogP contribution < -0.4 is 65.1 Å². The van der Waals surface area contributed by atoms with E-state index in [9.17, 15) is 62.3 Å². The molecule has 0 saturated carbocycles. The van der Waals surface area contributed by atoms with E-state index in [0.29, 0.717) is 55.1 Å². The molecule has 1 aromatic rings. The summed E-state index contributed by atoms with van der Waals surface area (Å²) in [7, 11) is 0. The van der Waals surface area contributed by atoms with E-state index in [2.05, 4.69) is 61.6 Å². The summed E-state index contributed by atoms with van der Waals surface area (Å²) in [6, 6.07) is 0. The fraction of sp³-hybridized carbons (Fsp3) is 0.357. The summed E-state index contributed by atoms with van der Waals surface area (Å²) in [5, 5.41) is 48.3. The van der Waals surface area contributed by atoms with Crippen LogP contribution in [0.2, 0.25) is 0 Å². The number of amides is 7. The molecule has 0 atom stereocenters. The van der Waals surface area contributed by atoms with Gasteiger partial charge in [0.25, 0.3) is 29.2 Å². The summed E-state index contributed by atoms with van der Waals surface area (Å²) in [5.74, 6) is -3.50. The number of H-pyrrole nitrogens is 2. The molecule has 0 saturated heterocycles. The Morgan fingerprint density at radius 1 is 0.451 bits per heavy atom. The van der Waals surface area contributed by atoms with Crippen molar-refractivity contribution in [2.75, 3.05) is 0 Å². The number of hydrogen-bond acceptors (Lipinski definition) is 20. The molecule has 1 aromatic heterocycles. The topological polar surface area (TPSA) is 455 Å². The number of Topliss-reactive ketones (excluding diaryl/α,β-unsaturated/α-hetero) is 4. The lowest BCUT2D eigenvalue weighted by molar-refractivity contribution is -0.134. The molecule has 7 amide bonds. The van der Waals surface area contributed by atoms with Crippen molar-refractivity contribution < 1.29 is 73.6 Å². The third-order valence-corrected chi connectivity index (χ3v) is 9.08. The maximum Gasteiger partial charge on any atom is 0.325 e. The molecule has 0 fully saturated rings. The lowest BCUT2D eigenvalue weighted by atomic mass is 10.0. The van der Waals surface area contributed by atoms with Crippen LogP contribution in [0, 0.1) is 0 Å². The number of unbranched alkanes of at least 4 members (excludes halogenated alkanes) is 2. The predicted octanol–water partition coefficient (Wildman–Crippen LogP) is -2.45. The van der Waals surface area contributed by atoms with E-state index in [1.807, 2.05) is 0 Å². The number of rotatable bonds is 23. The Morgan fingerprint density at radius 3 is 1.27 bits per heavy atom. The molecule has 0 aromatic carbocycles. The highest BCUT2D eigenvalue weighted by Crippen LogP contribution is 2.12. The summed E-state index contributed by atoms with van der Waals surface area (Å²) in [5.41, 5.74) is 5.69. The van der Waals surface area contributed by atoms with Gasteiger partial charge in [-0.2, -0.15) is 0 Å². The van der Waals surface area contributed by atoms with Crippen molar-refractivity contribution in [1.29, 1.82) is 0 Å². The normalized spacial score (nSPS) is 13.3. The summed E-state index contributed by atoms with van der Waals surface area (Å²) in [6.45, 7) is 10.5. The van der Waals surface area contributed by atoms with E-state index < -0.39 is 53.0 Å². The van der Waals surface area contributed by atoms with E-state index in [0.717, 1.165) is 0 Å². The van der Waals surface area contributed by atoms with Crippen molar-refractivity contribution in [1.82, 2.24) is 63.8 Å². The Balaban J connectivity index is 0.000000475. The minimum absolute atomic E-state index is 0.00680. The van der Waals surface area contributed by atoms with Gasteiger partial charge in [-0.25, -0.2) is 26.7 Å². The first kappa shape index (κ1) is 60.3. The quantitative estimate of drug-likeness (QED) is 0.0234. The maximum atomic E-state index is 11.6. The molecular formula is C42H56N12O17. The van der Waals surface area contributed by atoms with E-state index in [4.69, 9.17) is 20.8 Å². The molecule has 16 N–H and O–H groups in total. The first-order valence-electron chi connectivity index (χ1n) is 21.1. The van der Waals surface area contributed by atoms with Crippen molar-refractivity contribution in [2.45, 2.75) is 96.3 Å². The molecule has 0 unspecified atom stereocenters. The molecule has 0 aliphatic carbocycles. The largest absolute Gasteiger partial charge is 0.348 e. The molecule has 386 valence electrons. The zero-order chi connectivity index (χ0) is 53.5. The van der Waals surface area contributed by atoms with Gasteiger partial charge < -0.3 is 36.9 Å². The molecular weight excluding hydrogens is 945 g/mol. The zero-order valence-electron chi connectivity index (χ0n) is 38.1. The molecule has 71 heavy (non-hydrogen) atoms. The Labute approximate surface area is 402 Å². The first-order chi connectivity index (χ1) is 33.6. The van der Waals surface area contributed by atoms with Crippen LogP contribution in [0.25, 0.3) is 0 Å². The maximum absolute atomic E-state index is 11.6. The van der Waals surface area contributed by atoms with Gasteiger partial charge in [0.2, 0.25) is 17.7 Å². The molecule has 0 radical (unpaired) electrons. The zero-order valence-corrected chi connectivity index (χ0v) is 38.1. The van der Waals surface area contributed by atoms with Crippen LogP contribution in [-0.2, 0) is 59.2 Å². The highest BCUT2D eigenvalue weighted by molar-refractivity contribution is 6.05. The number of carbonyl (C=O) groups excluding carboxylic acids is 11. The van der Waals surface area contributed by atoms with Gasteiger partial charge in [0.05, 0.1) is 6.42 Å². The second kappa shape index (κ2) is 32.9. The molecule has 3 aliphatic heterocycles. The van der Waals surface area contributed by atoms with Gasteiger partial charge in [0.1, 0.15) is 40.6 Å². The van der Waals surface area contributed by atoms with Crippen LogP contribution in [0.15, 0.2) is 88.3 Å². The van der Waals surface area contributed by atoms with Crippen molar-refractivity contribution in [3.05, 3.63) is 105 Å². The highest BCUT2D eigenvalue weighted by atomic mass is 16.5. The smallest absolute Gasteiger partial charge is 0.325 e. The van der Waals surface area contributed by atoms with Gasteiger partial charge in [-0.05, 0) is 19.3 Å². The van der Waals surface area contributed by atoms with Crippen LogP contribution in [0.3, 0.4) is 0 Å². The minimum Gasteiger partial charge on any atom is -0.348 e. The molecule has 4 heterocycles. The third kappa shape index (κ3) is 26.5. The number of nitrogens with one attached hydrogen (secondary N) is 12. The first-order valence-corrected chi connectivity index (χ1v) is 21.1. The van der Waals surface area contributed by atoms with Crippen LogP contribution in [0.5, 0.6) is 0 Å². The Kier molecular flexibility index (Phi) is 28.0. The lowest BCUT2D eigenvalue weighted by Crippen LogP contribution is -2.35. The Hall–Kier alpha value is -8.67. The fourth-order valence-corrected chi connectivity index (χ4v) is 5.49. The van der Waals surface area contributed by atoms with Gasteiger partial charge in [-0.3, -0.25) is 83.3 Å². The number of hydroxylamine groups is 4. The Morgan fingerprint density at radius 2 is 0.831 bits per heavy atom. The monoisotopic (exact) mass is 1000 g/mol. The van der Waals surface area contributed by atoms with Crippen molar-refractivity contribution in [3.63, 3.8) is 0 Å². The third-order valence-electron chi connectivity index (χ3n) is 9.08. The van der Waals surface area contributed by atoms with Gasteiger partial charge in [-0.1, -0.05) is 26.2 Å². The fourth-order valence-electron chi connectivity index (χ4n) is 5.49. The standard InChI is InChI=1S/C12H17N3O5.C11H15N3O4.C10H13N3O4.C9H11N3O4/c16-9(4-2-1-3-5-10(17)15-20)6-8-7-13-12(19)14-11(8)18;1-7-12-6-8(11(17)13-7)5-9(15)3-2-4-10(16)14-18;1-6-11-5-7(10(16)12-6)4-8(14)2-3-9(15)13-17;1-5-10-4-6(9(15)11-5)2-7(13)3-8(14)12-16/h7,20H,1-6H2,(H,15,17)(H2,13,14,18,19);6,12,18H,1-5H2,(H,13,17)(H,14,16);5,11,17H,1-4H2,(H,12,16)(H,13,15);4,10,16H,1-3H2,(H,11,15)(H,12,14). The van der Waals surface area contributed by atoms with Crippen LogP contribution in [-0.4, -0.2) is 95.3 Å². The van der Waals surface area contributed by atoms with Gasteiger partial charge in [0, 0.05) is 111 Å². The number of ketones is 4. The van der Waals surface area contributed by atoms with Crippen LogP contribution in [0.4, 0.5) is 0 Å². The van der Waals surface area contributed by atoms with Gasteiger partial charge in [0.15, 0.2) is 0 Å². The number of aromatic nitrogens is 2. The van der Waals surface area contributed by atoms with Crippen molar-refractivity contribution in [3.8, 4) is 0 Å². The number of aromatic amines is 2. The SMILES string of the molecule is C=C1NC=C(CC(=O)CC(=O)NO)C(=O)N1.C=C1NC=C(CC(=O)CCC(=O)NO)C(=O)N1.C=C1NC=C(CC(=O)CCCC(=O)NO)C(=O)N1.O=C(CCCCCC(=O)NO)Cc1c[nH]c(=O)[nH]c1=O. The second-order valence-electron chi connectivity index (χ2n) is 14.9. The number of carbonyl (C=O) groups is 11. The molecule has 29 nitrogen and oxygen atoms in total. The minimum atomic E-state index is -0.806. The summed E-state index contributed by atoms with van der Waals surface area (Å²) < 4.78 is 0. The molecule has 0 bridgehead atoms. The lowest BCUT2D eigenvalue weighted by Gasteiger charge is -2.16. The highest BCUT2D eigenvalue weighted by Gasteiger charge is 2.21. The summed E-state index contributed by atoms with van der Waals surface area (Å²) in [4.78, 5) is 149. The van der Waals surface area contributed by atoms with Crippen LogP contribution >= 0.6 is 0 Å². The molecule has 3 aliphatic rings. The molecule has 4 rings (SSSR count). The average molecular weight is 1000 g/mol. The van der Waals surface area contributed by atoms with Gasteiger partial charge in [-0.15, -0.1) is 0 Å². The van der Waals surface area contributed by atoms with E-state index in [1.165, 1.54) is 46.7 Å². The Bertz CT molecular complexity index is 2430. The van der Waals surface area contributed by atoms with Crippen molar-refractivity contribution in [2.24, 2.45) is 0 Å². The number of hydrogen-bond donors (Lipinski definition) is 16. The second-order valence-corrected chi connectivity index (χ2v) is 14.9. The predicted molar refractivity (Wildman–Crippen MR) is 241 cm³/mol. The molecule has 29 heteroatoms. The molecule has 0 spiro atoms. The van der Waals surface area contributed by atoms with Crippen molar-refractivity contribution >= 4 is 64.5 Å². The van der Waals surface area contributed by atoms with E-state index in [-0.39, 0.29) is 104 Å². The van der Waals surface area contributed by atoms with Gasteiger partial charge >= 0.3 is 5.69 Å². The summed E-state index contributed by atoms with van der Waals surface area (Å²) in [6.07, 6.45) is 7.56. The summed E-state index contributed by atoms with van der Waals surface area (Å²) >= 11 is 0. The van der Waals surface area contributed by atoms with Crippen LogP contribution in [0.1, 0.15) is 95.5 Å².